The highest BCUT2D eigenvalue weighted by atomic mass is 79.9. The molecular weight excluding hydrogens is 339 g/mol. The molecule has 0 radical (unpaired) electrons. The summed E-state index contributed by atoms with van der Waals surface area (Å²) < 4.78 is 19.7. The number of halogens is 2. The standard InChI is InChI=1S/C15H14BrFN2O2/c1-2-21-13-5-3-4-11(18)14(13)15(20)19-12-7-6-9(16)8-10(12)17/h3-8H,2,18H2,1H3,(H,19,20). The van der Waals surface area contributed by atoms with Crippen LogP contribution in [-0.2, 0) is 0 Å². The quantitative estimate of drug-likeness (QED) is 0.822. The first-order valence-corrected chi connectivity index (χ1v) is 7.10. The van der Waals surface area contributed by atoms with Gasteiger partial charge >= 0.3 is 0 Å². The average molecular weight is 353 g/mol. The second-order valence-electron chi connectivity index (χ2n) is 4.23. The van der Waals surface area contributed by atoms with Crippen LogP contribution in [0.1, 0.15) is 17.3 Å². The van der Waals surface area contributed by atoms with E-state index in [1.807, 2.05) is 0 Å². The molecule has 0 aliphatic rings. The Labute approximate surface area is 130 Å². The molecule has 4 nitrogen and oxygen atoms in total. The molecule has 0 spiro atoms. The van der Waals surface area contributed by atoms with Gasteiger partial charge in [-0.15, -0.1) is 0 Å². The van der Waals surface area contributed by atoms with Gasteiger partial charge in [0.25, 0.3) is 5.91 Å². The Kier molecular flexibility index (Phi) is 4.80. The van der Waals surface area contributed by atoms with Gasteiger partial charge in [0, 0.05) is 10.2 Å². The van der Waals surface area contributed by atoms with Gasteiger partial charge in [0.1, 0.15) is 17.1 Å². The van der Waals surface area contributed by atoms with Gasteiger partial charge in [0.15, 0.2) is 0 Å². The van der Waals surface area contributed by atoms with E-state index in [0.717, 1.165) is 0 Å². The van der Waals surface area contributed by atoms with Gasteiger partial charge in [0.2, 0.25) is 0 Å². The molecule has 0 unspecified atom stereocenters. The lowest BCUT2D eigenvalue weighted by Gasteiger charge is -2.13. The van der Waals surface area contributed by atoms with Crippen molar-refractivity contribution in [3.8, 4) is 5.75 Å². The molecule has 0 aromatic heterocycles. The van der Waals surface area contributed by atoms with Crippen molar-refractivity contribution in [2.24, 2.45) is 0 Å². The van der Waals surface area contributed by atoms with E-state index in [0.29, 0.717) is 16.8 Å². The molecule has 0 atom stereocenters. The Bertz CT molecular complexity index is 677. The summed E-state index contributed by atoms with van der Waals surface area (Å²) in [6, 6.07) is 9.31. The summed E-state index contributed by atoms with van der Waals surface area (Å²) in [4.78, 5) is 12.3. The second kappa shape index (κ2) is 6.58. The first-order chi connectivity index (χ1) is 10.0. The van der Waals surface area contributed by atoms with Gasteiger partial charge in [-0.1, -0.05) is 22.0 Å². The fourth-order valence-electron chi connectivity index (χ4n) is 1.84. The maximum absolute atomic E-state index is 13.8. The van der Waals surface area contributed by atoms with Crippen LogP contribution in [0.25, 0.3) is 0 Å². The number of rotatable bonds is 4. The first kappa shape index (κ1) is 15.3. The average Bonchev–Trinajstić information content (AvgIpc) is 2.42. The van der Waals surface area contributed by atoms with E-state index >= 15 is 0 Å². The number of carbonyl (C=O) groups is 1. The monoisotopic (exact) mass is 352 g/mol. The van der Waals surface area contributed by atoms with E-state index in [9.17, 15) is 9.18 Å². The normalized spacial score (nSPS) is 10.2. The number of nitrogens with one attached hydrogen (secondary N) is 1. The molecular formula is C15H14BrFN2O2. The van der Waals surface area contributed by atoms with E-state index in [-0.39, 0.29) is 16.9 Å². The van der Waals surface area contributed by atoms with Crippen molar-refractivity contribution in [2.45, 2.75) is 6.92 Å². The molecule has 2 rings (SSSR count). The molecule has 0 bridgehead atoms. The lowest BCUT2D eigenvalue weighted by Crippen LogP contribution is -2.16. The molecule has 0 aliphatic carbocycles. The van der Waals surface area contributed by atoms with E-state index in [2.05, 4.69) is 21.2 Å². The molecule has 0 saturated heterocycles. The van der Waals surface area contributed by atoms with Crippen molar-refractivity contribution < 1.29 is 13.9 Å². The van der Waals surface area contributed by atoms with Gasteiger partial charge in [-0.2, -0.15) is 0 Å². The van der Waals surface area contributed by atoms with E-state index in [1.54, 1.807) is 31.2 Å². The number of hydrogen-bond donors (Lipinski definition) is 2. The number of carbonyl (C=O) groups excluding carboxylic acids is 1. The molecule has 0 saturated carbocycles. The van der Waals surface area contributed by atoms with Crippen LogP contribution in [0.2, 0.25) is 0 Å². The van der Waals surface area contributed by atoms with Crippen molar-refractivity contribution in [1.29, 1.82) is 0 Å². The van der Waals surface area contributed by atoms with Crippen LogP contribution in [0.15, 0.2) is 40.9 Å². The Balaban J connectivity index is 2.32. The second-order valence-corrected chi connectivity index (χ2v) is 5.15. The maximum Gasteiger partial charge on any atom is 0.261 e. The molecule has 0 aliphatic heterocycles. The predicted molar refractivity (Wildman–Crippen MR) is 84.1 cm³/mol. The third kappa shape index (κ3) is 3.52. The van der Waals surface area contributed by atoms with Crippen LogP contribution in [0.3, 0.4) is 0 Å². The molecule has 2 aromatic rings. The summed E-state index contributed by atoms with van der Waals surface area (Å²) in [5.74, 6) is -0.685. The van der Waals surface area contributed by atoms with Crippen LogP contribution in [-0.4, -0.2) is 12.5 Å². The van der Waals surface area contributed by atoms with Crippen molar-refractivity contribution in [1.82, 2.24) is 0 Å². The fourth-order valence-corrected chi connectivity index (χ4v) is 2.18. The molecule has 2 aromatic carbocycles. The number of hydrogen-bond acceptors (Lipinski definition) is 3. The topological polar surface area (TPSA) is 64.3 Å². The van der Waals surface area contributed by atoms with Crippen LogP contribution < -0.4 is 15.8 Å². The maximum atomic E-state index is 13.8. The Morgan fingerprint density at radius 1 is 1.38 bits per heavy atom. The van der Waals surface area contributed by atoms with Crippen LogP contribution in [0.4, 0.5) is 15.8 Å². The molecule has 0 fully saturated rings. The van der Waals surface area contributed by atoms with Crippen molar-refractivity contribution in [3.05, 3.63) is 52.3 Å². The van der Waals surface area contributed by atoms with Gasteiger partial charge in [-0.05, 0) is 37.3 Å². The third-order valence-corrected chi connectivity index (χ3v) is 3.26. The lowest BCUT2D eigenvalue weighted by molar-refractivity contribution is 0.102. The number of amides is 1. The Morgan fingerprint density at radius 3 is 2.81 bits per heavy atom. The predicted octanol–water partition coefficient (Wildman–Crippen LogP) is 3.82. The molecule has 1 amide bonds. The summed E-state index contributed by atoms with van der Waals surface area (Å²) in [6.45, 7) is 2.20. The summed E-state index contributed by atoms with van der Waals surface area (Å²) in [5, 5.41) is 2.50. The lowest BCUT2D eigenvalue weighted by atomic mass is 10.1. The molecule has 6 heteroatoms. The number of benzene rings is 2. The minimum Gasteiger partial charge on any atom is -0.493 e. The summed E-state index contributed by atoms with van der Waals surface area (Å²) in [5.41, 5.74) is 6.37. The Hall–Kier alpha value is -2.08. The van der Waals surface area contributed by atoms with E-state index < -0.39 is 11.7 Å². The van der Waals surface area contributed by atoms with E-state index in [1.165, 1.54) is 12.1 Å². The van der Waals surface area contributed by atoms with Crippen molar-refractivity contribution in [3.63, 3.8) is 0 Å². The smallest absolute Gasteiger partial charge is 0.261 e. The number of ether oxygens (including phenoxy) is 1. The molecule has 0 heterocycles. The molecule has 110 valence electrons. The molecule has 3 N–H and O–H groups in total. The zero-order chi connectivity index (χ0) is 15.4. The van der Waals surface area contributed by atoms with Crippen LogP contribution in [0.5, 0.6) is 5.75 Å². The zero-order valence-corrected chi connectivity index (χ0v) is 12.9. The van der Waals surface area contributed by atoms with Gasteiger partial charge in [-0.3, -0.25) is 4.79 Å². The third-order valence-electron chi connectivity index (χ3n) is 2.76. The minimum atomic E-state index is -0.537. The highest BCUT2D eigenvalue weighted by molar-refractivity contribution is 9.10. The van der Waals surface area contributed by atoms with Crippen molar-refractivity contribution >= 4 is 33.2 Å². The van der Waals surface area contributed by atoms with Gasteiger partial charge in [-0.25, -0.2) is 4.39 Å². The van der Waals surface area contributed by atoms with E-state index in [4.69, 9.17) is 10.5 Å². The number of anilines is 2. The van der Waals surface area contributed by atoms with Gasteiger partial charge in [0.05, 0.1) is 12.3 Å². The fraction of sp³-hybridized carbons (Fsp3) is 0.133. The van der Waals surface area contributed by atoms with Gasteiger partial charge < -0.3 is 15.8 Å². The SMILES string of the molecule is CCOc1cccc(N)c1C(=O)Nc1ccc(Br)cc1F. The number of nitrogen functional groups attached to an aromatic ring is 1. The minimum absolute atomic E-state index is 0.0777. The first-order valence-electron chi connectivity index (χ1n) is 6.30. The van der Waals surface area contributed by atoms with Crippen LogP contribution >= 0.6 is 15.9 Å². The Morgan fingerprint density at radius 2 is 2.14 bits per heavy atom. The largest absolute Gasteiger partial charge is 0.493 e. The molecule has 21 heavy (non-hydrogen) atoms. The summed E-state index contributed by atoms with van der Waals surface area (Å²) >= 11 is 3.16. The highest BCUT2D eigenvalue weighted by Gasteiger charge is 2.17. The highest BCUT2D eigenvalue weighted by Crippen LogP contribution is 2.27. The summed E-state index contributed by atoms with van der Waals surface area (Å²) in [7, 11) is 0. The van der Waals surface area contributed by atoms with Crippen LogP contribution in [0, 0.1) is 5.82 Å². The number of nitrogens with two attached hydrogens (primary N) is 1. The van der Waals surface area contributed by atoms with Crippen molar-refractivity contribution in [2.75, 3.05) is 17.7 Å². The zero-order valence-electron chi connectivity index (χ0n) is 11.3. The summed E-state index contributed by atoms with van der Waals surface area (Å²) in [6.07, 6.45) is 0.